The first-order chi connectivity index (χ1) is 12.9. The van der Waals surface area contributed by atoms with Crippen molar-refractivity contribution in [2.24, 2.45) is 0 Å². The summed E-state index contributed by atoms with van der Waals surface area (Å²) in [5.74, 6) is -0.771. The lowest BCUT2D eigenvalue weighted by molar-refractivity contribution is 0.102. The van der Waals surface area contributed by atoms with Crippen molar-refractivity contribution in [3.8, 4) is 0 Å². The average Bonchev–Trinajstić information content (AvgIpc) is 2.64. The van der Waals surface area contributed by atoms with Gasteiger partial charge in [0.15, 0.2) is 0 Å². The van der Waals surface area contributed by atoms with E-state index in [2.05, 4.69) is 21.3 Å². The van der Waals surface area contributed by atoms with Crippen molar-refractivity contribution < 1.29 is 14.0 Å². The third kappa shape index (κ3) is 4.62. The highest BCUT2D eigenvalue weighted by molar-refractivity contribution is 6.04. The molecule has 3 rings (SSSR count). The van der Waals surface area contributed by atoms with Gasteiger partial charge in [0.05, 0.1) is 5.69 Å². The van der Waals surface area contributed by atoms with E-state index in [1.165, 1.54) is 0 Å². The van der Waals surface area contributed by atoms with E-state index in [0.717, 1.165) is 12.1 Å². The van der Waals surface area contributed by atoms with Crippen molar-refractivity contribution in [1.82, 2.24) is 10.6 Å². The standard InChI is InChI=1S/C20H23FN4O2/c1-12(2)23-20(27)24-15-6-3-13(4-7-15)19(26)25-17-8-5-14-11-22-10-9-16(14)18(17)21/h3-8,12,22H,9-11H2,1-2H3,(H,25,26)(H2,23,24,27). The van der Waals surface area contributed by atoms with Crippen LogP contribution in [0.15, 0.2) is 36.4 Å². The molecular weight excluding hydrogens is 347 g/mol. The maximum atomic E-state index is 14.6. The van der Waals surface area contributed by atoms with Gasteiger partial charge in [-0.3, -0.25) is 4.79 Å². The Morgan fingerprint density at radius 3 is 2.52 bits per heavy atom. The van der Waals surface area contributed by atoms with Crippen LogP contribution in [0, 0.1) is 5.82 Å². The van der Waals surface area contributed by atoms with Gasteiger partial charge in [-0.1, -0.05) is 6.07 Å². The maximum absolute atomic E-state index is 14.6. The van der Waals surface area contributed by atoms with E-state index < -0.39 is 5.91 Å². The second-order valence-electron chi connectivity index (χ2n) is 6.78. The second-order valence-corrected chi connectivity index (χ2v) is 6.78. The number of fused-ring (bicyclic) bond motifs is 1. The molecule has 0 saturated heterocycles. The molecule has 3 amide bonds. The SMILES string of the molecule is CC(C)NC(=O)Nc1ccc(C(=O)Nc2ccc3c(c2F)CCNC3)cc1. The summed E-state index contributed by atoms with van der Waals surface area (Å²) in [6, 6.07) is 9.56. The predicted octanol–water partition coefficient (Wildman–Crippen LogP) is 3.25. The minimum atomic E-state index is -0.402. The van der Waals surface area contributed by atoms with Crippen LogP contribution in [-0.4, -0.2) is 24.5 Å². The molecule has 1 aliphatic heterocycles. The molecule has 0 unspecified atom stereocenters. The normalized spacial score (nSPS) is 13.0. The molecule has 0 aromatic heterocycles. The number of hydrogen-bond acceptors (Lipinski definition) is 3. The number of rotatable bonds is 4. The van der Waals surface area contributed by atoms with Crippen molar-refractivity contribution in [2.45, 2.75) is 32.9 Å². The first kappa shape index (κ1) is 18.8. The molecule has 142 valence electrons. The van der Waals surface area contributed by atoms with E-state index in [9.17, 15) is 14.0 Å². The maximum Gasteiger partial charge on any atom is 0.319 e. The van der Waals surface area contributed by atoms with E-state index in [0.29, 0.717) is 29.8 Å². The van der Waals surface area contributed by atoms with Gasteiger partial charge in [-0.2, -0.15) is 0 Å². The minimum Gasteiger partial charge on any atom is -0.336 e. The topological polar surface area (TPSA) is 82.3 Å². The fourth-order valence-electron chi connectivity index (χ4n) is 2.96. The highest BCUT2D eigenvalue weighted by atomic mass is 19.1. The molecule has 0 atom stereocenters. The molecule has 0 aliphatic carbocycles. The second kappa shape index (κ2) is 8.18. The number of benzene rings is 2. The molecule has 2 aromatic carbocycles. The number of anilines is 2. The molecule has 1 aliphatic rings. The zero-order valence-electron chi connectivity index (χ0n) is 15.4. The largest absolute Gasteiger partial charge is 0.336 e. The van der Waals surface area contributed by atoms with Crippen LogP contribution in [0.1, 0.15) is 35.3 Å². The smallest absolute Gasteiger partial charge is 0.319 e. The molecule has 0 spiro atoms. The number of urea groups is 1. The van der Waals surface area contributed by atoms with Crippen LogP contribution in [0.25, 0.3) is 0 Å². The third-order valence-corrected chi connectivity index (χ3v) is 4.28. The third-order valence-electron chi connectivity index (χ3n) is 4.28. The van der Waals surface area contributed by atoms with Crippen LogP contribution in [0.2, 0.25) is 0 Å². The Kier molecular flexibility index (Phi) is 5.71. The lowest BCUT2D eigenvalue weighted by Gasteiger charge is -2.19. The van der Waals surface area contributed by atoms with Gasteiger partial charge in [0.2, 0.25) is 0 Å². The highest BCUT2D eigenvalue weighted by Gasteiger charge is 2.18. The summed E-state index contributed by atoms with van der Waals surface area (Å²) >= 11 is 0. The van der Waals surface area contributed by atoms with Crippen molar-refractivity contribution in [3.63, 3.8) is 0 Å². The van der Waals surface area contributed by atoms with Crippen LogP contribution in [0.3, 0.4) is 0 Å². The summed E-state index contributed by atoms with van der Waals surface area (Å²) in [4.78, 5) is 24.1. The van der Waals surface area contributed by atoms with Crippen LogP contribution in [0.4, 0.5) is 20.6 Å². The Balaban J connectivity index is 1.67. The predicted molar refractivity (Wildman–Crippen MR) is 103 cm³/mol. The number of hydrogen-bond donors (Lipinski definition) is 4. The fraction of sp³-hybridized carbons (Fsp3) is 0.300. The number of nitrogens with one attached hydrogen (secondary N) is 4. The molecular formula is C20H23FN4O2. The summed E-state index contributed by atoms with van der Waals surface area (Å²) < 4.78 is 14.6. The molecule has 7 heteroatoms. The van der Waals surface area contributed by atoms with Crippen LogP contribution >= 0.6 is 0 Å². The molecule has 0 radical (unpaired) electrons. The minimum absolute atomic E-state index is 0.0253. The van der Waals surface area contributed by atoms with Crippen LogP contribution < -0.4 is 21.3 Å². The van der Waals surface area contributed by atoms with E-state index in [1.807, 2.05) is 19.9 Å². The first-order valence-corrected chi connectivity index (χ1v) is 8.94. The van der Waals surface area contributed by atoms with E-state index >= 15 is 0 Å². The molecule has 4 N–H and O–H groups in total. The Labute approximate surface area is 157 Å². The van der Waals surface area contributed by atoms with Gasteiger partial charge >= 0.3 is 6.03 Å². The molecule has 27 heavy (non-hydrogen) atoms. The summed E-state index contributed by atoms with van der Waals surface area (Å²) in [5, 5.41) is 11.2. The summed E-state index contributed by atoms with van der Waals surface area (Å²) in [7, 11) is 0. The van der Waals surface area contributed by atoms with Gasteiger partial charge in [-0.05, 0) is 68.3 Å². The highest BCUT2D eigenvalue weighted by Crippen LogP contribution is 2.25. The van der Waals surface area contributed by atoms with Crippen molar-refractivity contribution in [1.29, 1.82) is 0 Å². The average molecular weight is 370 g/mol. The Bertz CT molecular complexity index is 850. The molecule has 2 aromatic rings. The van der Waals surface area contributed by atoms with Crippen molar-refractivity contribution in [3.05, 3.63) is 58.9 Å². The van der Waals surface area contributed by atoms with Gasteiger partial charge in [0, 0.05) is 23.8 Å². The Morgan fingerprint density at radius 1 is 1.07 bits per heavy atom. The summed E-state index contributed by atoms with van der Waals surface area (Å²) in [5.41, 5.74) is 2.70. The zero-order chi connectivity index (χ0) is 19.4. The molecule has 6 nitrogen and oxygen atoms in total. The van der Waals surface area contributed by atoms with Crippen LogP contribution in [0.5, 0.6) is 0 Å². The summed E-state index contributed by atoms with van der Waals surface area (Å²) in [6.07, 6.45) is 0.601. The van der Waals surface area contributed by atoms with Gasteiger partial charge in [-0.25, -0.2) is 9.18 Å². The monoisotopic (exact) mass is 370 g/mol. The van der Waals surface area contributed by atoms with Gasteiger partial charge in [0.1, 0.15) is 5.82 Å². The molecule has 0 fully saturated rings. The number of carbonyl (C=O) groups excluding carboxylic acids is 2. The van der Waals surface area contributed by atoms with Gasteiger partial charge in [-0.15, -0.1) is 0 Å². The van der Waals surface area contributed by atoms with Crippen molar-refractivity contribution >= 4 is 23.3 Å². The van der Waals surface area contributed by atoms with Crippen LogP contribution in [-0.2, 0) is 13.0 Å². The molecule has 0 saturated carbocycles. The quantitative estimate of drug-likeness (QED) is 0.667. The van der Waals surface area contributed by atoms with E-state index in [1.54, 1.807) is 30.3 Å². The molecule has 0 bridgehead atoms. The lowest BCUT2D eigenvalue weighted by atomic mass is 9.99. The van der Waals surface area contributed by atoms with E-state index in [4.69, 9.17) is 0 Å². The molecule has 1 heterocycles. The number of amides is 3. The van der Waals surface area contributed by atoms with Gasteiger partial charge < -0.3 is 21.3 Å². The number of halogens is 1. The van der Waals surface area contributed by atoms with Crippen molar-refractivity contribution in [2.75, 3.05) is 17.2 Å². The number of carbonyl (C=O) groups is 2. The van der Waals surface area contributed by atoms with E-state index in [-0.39, 0.29) is 23.6 Å². The zero-order valence-corrected chi connectivity index (χ0v) is 15.4. The van der Waals surface area contributed by atoms with Gasteiger partial charge in [0.25, 0.3) is 5.91 Å². The Hall–Kier alpha value is -2.93. The first-order valence-electron chi connectivity index (χ1n) is 8.94. The summed E-state index contributed by atoms with van der Waals surface area (Å²) in [6.45, 7) is 5.09. The Morgan fingerprint density at radius 2 is 1.81 bits per heavy atom. The fourth-order valence-corrected chi connectivity index (χ4v) is 2.96. The lowest BCUT2D eigenvalue weighted by Crippen LogP contribution is -2.34.